The van der Waals surface area contributed by atoms with Crippen LogP contribution in [-0.2, 0) is 16.1 Å². The number of carbonyl (C=O) groups excluding carboxylic acids is 2. The van der Waals surface area contributed by atoms with Gasteiger partial charge in [-0.2, -0.15) is 0 Å². The number of hydrogen-bond donors (Lipinski definition) is 1. The van der Waals surface area contributed by atoms with Crippen LogP contribution in [0.2, 0.25) is 0 Å². The summed E-state index contributed by atoms with van der Waals surface area (Å²) in [6.07, 6.45) is 1.32. The van der Waals surface area contributed by atoms with Crippen molar-refractivity contribution in [3.63, 3.8) is 0 Å². The van der Waals surface area contributed by atoms with Gasteiger partial charge in [0.2, 0.25) is 5.91 Å². The summed E-state index contributed by atoms with van der Waals surface area (Å²) in [5, 5.41) is 3.13. The number of halogens is 1. The van der Waals surface area contributed by atoms with Crippen LogP contribution in [0, 0.1) is 13.8 Å². The number of fused-ring (bicyclic) bond motifs is 1. The predicted octanol–water partition coefficient (Wildman–Crippen LogP) is 3.65. The van der Waals surface area contributed by atoms with Gasteiger partial charge in [0.25, 0.3) is 5.56 Å². The van der Waals surface area contributed by atoms with Gasteiger partial charge in [0.1, 0.15) is 16.3 Å². The van der Waals surface area contributed by atoms with Gasteiger partial charge in [-0.25, -0.2) is 9.78 Å². The first-order chi connectivity index (χ1) is 13.3. The van der Waals surface area contributed by atoms with Gasteiger partial charge in [-0.3, -0.25) is 14.2 Å². The van der Waals surface area contributed by atoms with Crippen molar-refractivity contribution in [3.05, 3.63) is 55.4 Å². The van der Waals surface area contributed by atoms with E-state index in [1.54, 1.807) is 19.9 Å². The number of ether oxygens (including phenoxy) is 1. The van der Waals surface area contributed by atoms with Crippen LogP contribution in [0.4, 0.5) is 5.69 Å². The Morgan fingerprint density at radius 3 is 2.75 bits per heavy atom. The zero-order chi connectivity index (χ0) is 20.4. The molecule has 0 aliphatic heterocycles. The lowest BCUT2D eigenvalue weighted by atomic mass is 10.2. The Kier molecular flexibility index (Phi) is 5.95. The fourth-order valence-electron chi connectivity index (χ4n) is 2.77. The zero-order valence-electron chi connectivity index (χ0n) is 15.5. The molecule has 0 fully saturated rings. The number of hydrogen-bond acceptors (Lipinski definition) is 6. The quantitative estimate of drug-likeness (QED) is 0.583. The molecule has 3 rings (SSSR count). The maximum Gasteiger partial charge on any atom is 0.348 e. The molecule has 2 heterocycles. The molecule has 0 spiro atoms. The molecular weight excluding hydrogens is 446 g/mol. The monoisotopic (exact) mass is 463 g/mol. The number of nitrogens with zero attached hydrogens (tertiary/aromatic N) is 2. The van der Waals surface area contributed by atoms with Crippen molar-refractivity contribution >= 4 is 55.0 Å². The second-order valence-corrected chi connectivity index (χ2v) is 8.06. The Hall–Kier alpha value is -2.52. The Labute approximate surface area is 173 Å². The standard InChI is InChI=1S/C19H18BrN3O4S/c1-4-27-19(26)16-11(3)15-17(28-16)21-9-23(18(15)25)8-14(24)22-13-6-5-12(20)7-10(13)2/h5-7,9H,4,8H2,1-3H3,(H,22,24). The SMILES string of the molecule is CCOC(=O)c1sc2ncn(CC(=O)Nc3ccc(Br)cc3C)c(=O)c2c1C. The van der Waals surface area contributed by atoms with Gasteiger partial charge in [0.05, 0.1) is 18.3 Å². The molecule has 1 aromatic carbocycles. The third-order valence-corrected chi connectivity index (χ3v) is 5.83. The maximum absolute atomic E-state index is 12.8. The Morgan fingerprint density at radius 2 is 2.07 bits per heavy atom. The van der Waals surface area contributed by atoms with E-state index in [9.17, 15) is 14.4 Å². The first-order valence-electron chi connectivity index (χ1n) is 8.53. The van der Waals surface area contributed by atoms with E-state index in [1.807, 2.05) is 19.1 Å². The zero-order valence-corrected chi connectivity index (χ0v) is 17.9. The van der Waals surface area contributed by atoms with Gasteiger partial charge >= 0.3 is 5.97 Å². The summed E-state index contributed by atoms with van der Waals surface area (Å²) in [7, 11) is 0. The normalized spacial score (nSPS) is 10.9. The Balaban J connectivity index is 1.88. The first kappa shape index (κ1) is 20.2. The van der Waals surface area contributed by atoms with Crippen LogP contribution in [0.15, 0.2) is 33.8 Å². The number of benzene rings is 1. The summed E-state index contributed by atoms with van der Waals surface area (Å²) < 4.78 is 7.18. The number of nitrogens with one attached hydrogen (secondary N) is 1. The highest BCUT2D eigenvalue weighted by molar-refractivity contribution is 9.10. The molecule has 9 heteroatoms. The maximum atomic E-state index is 12.8. The fourth-order valence-corrected chi connectivity index (χ4v) is 4.28. The van der Waals surface area contributed by atoms with E-state index in [-0.39, 0.29) is 24.6 Å². The molecular formula is C19H18BrN3O4S. The number of amides is 1. The number of thiophene rings is 1. The molecule has 0 unspecified atom stereocenters. The molecule has 28 heavy (non-hydrogen) atoms. The third-order valence-electron chi connectivity index (χ3n) is 4.15. The number of aryl methyl sites for hydroxylation is 2. The third kappa shape index (κ3) is 4.00. The minimum atomic E-state index is -0.475. The minimum Gasteiger partial charge on any atom is -0.462 e. The van der Waals surface area contributed by atoms with Crippen molar-refractivity contribution in [2.75, 3.05) is 11.9 Å². The second kappa shape index (κ2) is 8.24. The van der Waals surface area contributed by atoms with E-state index in [0.717, 1.165) is 21.4 Å². The molecule has 0 bridgehead atoms. The summed E-state index contributed by atoms with van der Waals surface area (Å²) in [4.78, 5) is 42.3. The molecule has 0 saturated heterocycles. The van der Waals surface area contributed by atoms with Crippen molar-refractivity contribution in [2.45, 2.75) is 27.3 Å². The van der Waals surface area contributed by atoms with Crippen molar-refractivity contribution < 1.29 is 14.3 Å². The highest BCUT2D eigenvalue weighted by Crippen LogP contribution is 2.27. The van der Waals surface area contributed by atoms with E-state index in [4.69, 9.17) is 4.74 Å². The van der Waals surface area contributed by atoms with E-state index in [0.29, 0.717) is 26.3 Å². The predicted molar refractivity (Wildman–Crippen MR) is 112 cm³/mol. The highest BCUT2D eigenvalue weighted by Gasteiger charge is 2.20. The topological polar surface area (TPSA) is 90.3 Å². The highest BCUT2D eigenvalue weighted by atomic mass is 79.9. The van der Waals surface area contributed by atoms with Crippen LogP contribution in [0.25, 0.3) is 10.2 Å². The average Bonchev–Trinajstić information content (AvgIpc) is 2.97. The Bertz CT molecular complexity index is 1140. The van der Waals surface area contributed by atoms with Crippen LogP contribution >= 0.6 is 27.3 Å². The average molecular weight is 464 g/mol. The molecule has 0 atom stereocenters. The van der Waals surface area contributed by atoms with Gasteiger partial charge in [0.15, 0.2) is 0 Å². The van der Waals surface area contributed by atoms with Gasteiger partial charge in [-0.15, -0.1) is 11.3 Å². The van der Waals surface area contributed by atoms with Gasteiger partial charge in [-0.1, -0.05) is 15.9 Å². The number of carbonyl (C=O) groups is 2. The summed E-state index contributed by atoms with van der Waals surface area (Å²) in [5.41, 5.74) is 1.73. The van der Waals surface area contributed by atoms with E-state index in [1.165, 1.54) is 10.9 Å². The molecule has 3 aromatic rings. The smallest absolute Gasteiger partial charge is 0.348 e. The van der Waals surface area contributed by atoms with Crippen LogP contribution in [0.3, 0.4) is 0 Å². The van der Waals surface area contributed by atoms with Gasteiger partial charge in [-0.05, 0) is 50.1 Å². The molecule has 0 radical (unpaired) electrons. The van der Waals surface area contributed by atoms with Gasteiger partial charge in [0, 0.05) is 10.2 Å². The molecule has 2 aromatic heterocycles. The number of anilines is 1. The Morgan fingerprint density at radius 1 is 1.32 bits per heavy atom. The van der Waals surface area contributed by atoms with E-state index >= 15 is 0 Å². The number of rotatable bonds is 5. The molecule has 1 amide bonds. The van der Waals surface area contributed by atoms with Crippen LogP contribution < -0.4 is 10.9 Å². The number of esters is 1. The van der Waals surface area contributed by atoms with Crippen molar-refractivity contribution in [3.8, 4) is 0 Å². The summed E-state index contributed by atoms with van der Waals surface area (Å²) in [5.74, 6) is -0.815. The molecule has 0 aliphatic carbocycles. The van der Waals surface area contributed by atoms with E-state index < -0.39 is 5.97 Å². The molecule has 146 valence electrons. The summed E-state index contributed by atoms with van der Waals surface area (Å²) in [6.45, 7) is 5.36. The summed E-state index contributed by atoms with van der Waals surface area (Å²) in [6, 6.07) is 5.51. The van der Waals surface area contributed by atoms with Gasteiger partial charge < -0.3 is 10.1 Å². The van der Waals surface area contributed by atoms with Crippen LogP contribution in [0.1, 0.15) is 27.7 Å². The largest absolute Gasteiger partial charge is 0.462 e. The van der Waals surface area contributed by atoms with Crippen LogP contribution in [-0.4, -0.2) is 28.0 Å². The second-order valence-electron chi connectivity index (χ2n) is 6.14. The molecule has 0 aliphatic rings. The van der Waals surface area contributed by atoms with Crippen molar-refractivity contribution in [2.24, 2.45) is 0 Å². The lowest BCUT2D eigenvalue weighted by molar-refractivity contribution is -0.116. The minimum absolute atomic E-state index is 0.179. The lowest BCUT2D eigenvalue weighted by Gasteiger charge is -2.10. The summed E-state index contributed by atoms with van der Waals surface area (Å²) >= 11 is 4.49. The lowest BCUT2D eigenvalue weighted by Crippen LogP contribution is -2.28. The first-order valence-corrected chi connectivity index (χ1v) is 10.1. The van der Waals surface area contributed by atoms with Crippen LogP contribution in [0.5, 0.6) is 0 Å². The molecule has 7 nitrogen and oxygen atoms in total. The number of aromatic nitrogens is 2. The van der Waals surface area contributed by atoms with Crippen molar-refractivity contribution in [1.29, 1.82) is 0 Å². The van der Waals surface area contributed by atoms with Crippen molar-refractivity contribution in [1.82, 2.24) is 9.55 Å². The molecule has 0 saturated carbocycles. The van der Waals surface area contributed by atoms with E-state index in [2.05, 4.69) is 26.2 Å². The molecule has 1 N–H and O–H groups in total. The fraction of sp³-hybridized carbons (Fsp3) is 0.263.